The normalized spacial score (nSPS) is 27.6. The fraction of sp³-hybridized carbons (Fsp3) is 0.533. The molecule has 1 N–H and O–H groups in total. The average molecular weight is 346 g/mol. The van der Waals surface area contributed by atoms with Crippen LogP contribution < -0.4 is 5.32 Å². The lowest BCUT2D eigenvalue weighted by molar-refractivity contribution is -0.136. The lowest BCUT2D eigenvalue weighted by Gasteiger charge is -2.44. The molecule has 2 aromatic rings. The molecule has 0 spiro atoms. The summed E-state index contributed by atoms with van der Waals surface area (Å²) in [6, 6.07) is 2.95. The van der Waals surface area contributed by atoms with E-state index in [1.165, 1.54) is 12.1 Å². The van der Waals surface area contributed by atoms with E-state index in [0.717, 1.165) is 32.5 Å². The van der Waals surface area contributed by atoms with Gasteiger partial charge in [-0.15, -0.1) is 0 Å². The smallest absolute Gasteiger partial charge is 0.362 e. The quantitative estimate of drug-likeness (QED) is 0.893. The summed E-state index contributed by atoms with van der Waals surface area (Å²) in [5, 5.41) is 7.04. The van der Waals surface area contributed by atoms with Crippen molar-refractivity contribution in [1.82, 2.24) is 10.1 Å². The number of halogens is 4. The van der Waals surface area contributed by atoms with Crippen LogP contribution in [0.25, 0.3) is 11.0 Å². The first-order chi connectivity index (χ1) is 10.9. The zero-order valence-corrected chi connectivity index (χ0v) is 12.9. The number of piperidine rings is 3. The summed E-state index contributed by atoms with van der Waals surface area (Å²) in [7, 11) is 0. The van der Waals surface area contributed by atoms with Crippen molar-refractivity contribution < 1.29 is 17.7 Å². The second-order valence-electron chi connectivity index (χ2n) is 6.22. The van der Waals surface area contributed by atoms with Crippen LogP contribution in [0.1, 0.15) is 18.4 Å². The Hall–Kier alpha value is -1.47. The monoisotopic (exact) mass is 345 g/mol. The van der Waals surface area contributed by atoms with Gasteiger partial charge in [0.15, 0.2) is 11.4 Å². The first-order valence-corrected chi connectivity index (χ1v) is 7.95. The van der Waals surface area contributed by atoms with E-state index in [4.69, 9.17) is 16.1 Å². The Morgan fingerprint density at radius 1 is 1.26 bits per heavy atom. The van der Waals surface area contributed by atoms with Crippen LogP contribution in [0.2, 0.25) is 5.02 Å². The van der Waals surface area contributed by atoms with E-state index in [-0.39, 0.29) is 16.6 Å². The molecular formula is C15H15ClF3N3O. The molecule has 0 saturated carbocycles. The Bertz CT molecular complexity index is 737. The third-order valence-electron chi connectivity index (χ3n) is 4.85. The largest absolute Gasteiger partial charge is 0.421 e. The standard InChI is InChI=1S/C15H15ClF3N3O/c16-10-2-1-9-13(12(10)15(17,18)19)23-21-14(9)20-11-7-22-5-3-8(11)4-6-22/h1-2,8,11H,3-7H2,(H,20,21). The lowest BCUT2D eigenvalue weighted by Crippen LogP contribution is -2.53. The summed E-state index contributed by atoms with van der Waals surface area (Å²) in [5.74, 6) is 0.891. The maximum absolute atomic E-state index is 13.2. The van der Waals surface area contributed by atoms with Gasteiger partial charge in [-0.05, 0) is 44.0 Å². The van der Waals surface area contributed by atoms with Crippen molar-refractivity contribution in [1.29, 1.82) is 0 Å². The number of anilines is 1. The first kappa shape index (κ1) is 15.1. The minimum absolute atomic E-state index is 0.191. The molecule has 3 aliphatic rings. The molecule has 0 amide bonds. The van der Waals surface area contributed by atoms with Gasteiger partial charge in [0.05, 0.1) is 10.4 Å². The van der Waals surface area contributed by atoms with Crippen LogP contribution in [0.5, 0.6) is 0 Å². The van der Waals surface area contributed by atoms with Crippen molar-refractivity contribution in [2.75, 3.05) is 25.0 Å². The number of nitrogens with one attached hydrogen (secondary N) is 1. The summed E-state index contributed by atoms with van der Waals surface area (Å²) in [6.45, 7) is 3.07. The third kappa shape index (κ3) is 2.55. The van der Waals surface area contributed by atoms with E-state index in [1.54, 1.807) is 0 Å². The molecule has 0 radical (unpaired) electrons. The predicted molar refractivity (Wildman–Crippen MR) is 80.6 cm³/mol. The lowest BCUT2D eigenvalue weighted by atomic mass is 9.84. The summed E-state index contributed by atoms with van der Waals surface area (Å²) >= 11 is 5.71. The van der Waals surface area contributed by atoms with E-state index in [9.17, 15) is 13.2 Å². The van der Waals surface area contributed by atoms with Crippen LogP contribution >= 0.6 is 11.6 Å². The van der Waals surface area contributed by atoms with Crippen LogP contribution in [0, 0.1) is 5.92 Å². The number of benzene rings is 1. The summed E-state index contributed by atoms with van der Waals surface area (Å²) in [4.78, 5) is 2.36. The van der Waals surface area contributed by atoms with E-state index in [2.05, 4.69) is 15.4 Å². The molecule has 4 nitrogen and oxygen atoms in total. The van der Waals surface area contributed by atoms with E-state index in [0.29, 0.717) is 17.1 Å². The first-order valence-electron chi connectivity index (χ1n) is 7.57. The Labute approximate surface area is 135 Å². The van der Waals surface area contributed by atoms with Crippen molar-refractivity contribution in [2.24, 2.45) is 5.92 Å². The fourth-order valence-corrected chi connectivity index (χ4v) is 3.91. The molecule has 5 rings (SSSR count). The Morgan fingerprint density at radius 3 is 2.61 bits per heavy atom. The van der Waals surface area contributed by atoms with Crippen LogP contribution in [0.3, 0.4) is 0 Å². The Kier molecular flexibility index (Phi) is 3.46. The molecule has 1 atom stereocenters. The Morgan fingerprint density at radius 2 is 2.00 bits per heavy atom. The molecule has 3 aliphatic heterocycles. The molecule has 23 heavy (non-hydrogen) atoms. The van der Waals surface area contributed by atoms with Gasteiger partial charge in [-0.1, -0.05) is 16.8 Å². The third-order valence-corrected chi connectivity index (χ3v) is 5.17. The topological polar surface area (TPSA) is 41.3 Å². The van der Waals surface area contributed by atoms with Crippen LogP contribution in [-0.2, 0) is 6.18 Å². The number of hydrogen-bond acceptors (Lipinski definition) is 4. The number of aromatic nitrogens is 1. The van der Waals surface area contributed by atoms with E-state index < -0.39 is 11.7 Å². The van der Waals surface area contributed by atoms with E-state index >= 15 is 0 Å². The highest BCUT2D eigenvalue weighted by Crippen LogP contribution is 2.42. The van der Waals surface area contributed by atoms with Gasteiger partial charge in [-0.2, -0.15) is 13.2 Å². The molecule has 0 aliphatic carbocycles. The minimum atomic E-state index is -4.58. The molecule has 1 aromatic carbocycles. The predicted octanol–water partition coefficient (Wildman–Crippen LogP) is 4.01. The summed E-state index contributed by atoms with van der Waals surface area (Å²) in [5.41, 5.74) is -1.28. The molecule has 2 bridgehead atoms. The minimum Gasteiger partial charge on any atom is -0.362 e. The zero-order valence-electron chi connectivity index (χ0n) is 12.2. The van der Waals surface area contributed by atoms with Gasteiger partial charge < -0.3 is 14.7 Å². The number of nitrogens with zero attached hydrogens (tertiary/aromatic N) is 2. The van der Waals surface area contributed by atoms with Gasteiger partial charge in [0.1, 0.15) is 5.56 Å². The van der Waals surface area contributed by atoms with Gasteiger partial charge >= 0.3 is 6.18 Å². The number of rotatable bonds is 2. The fourth-order valence-electron chi connectivity index (χ4n) is 3.65. The molecule has 4 heterocycles. The molecule has 124 valence electrons. The summed E-state index contributed by atoms with van der Waals surface area (Å²) in [6.07, 6.45) is -2.37. The van der Waals surface area contributed by atoms with Gasteiger partial charge in [-0.3, -0.25) is 0 Å². The van der Waals surface area contributed by atoms with Gasteiger partial charge in [0.25, 0.3) is 0 Å². The van der Waals surface area contributed by atoms with E-state index in [1.807, 2.05) is 0 Å². The molecule has 1 unspecified atom stereocenters. The van der Waals surface area contributed by atoms with Crippen molar-refractivity contribution in [2.45, 2.75) is 25.1 Å². The second kappa shape index (κ2) is 5.27. The van der Waals surface area contributed by atoms with Crippen molar-refractivity contribution in [3.05, 3.63) is 22.7 Å². The van der Waals surface area contributed by atoms with Gasteiger partial charge in [-0.25, -0.2) is 0 Å². The SMILES string of the molecule is FC(F)(F)c1c(Cl)ccc2c(NC3CN4CCC3CC4)noc12. The molecule has 1 aromatic heterocycles. The van der Waals surface area contributed by atoms with Crippen molar-refractivity contribution >= 4 is 28.4 Å². The van der Waals surface area contributed by atoms with Crippen molar-refractivity contribution in [3.8, 4) is 0 Å². The maximum Gasteiger partial charge on any atom is 0.421 e. The second-order valence-corrected chi connectivity index (χ2v) is 6.62. The summed E-state index contributed by atoms with van der Waals surface area (Å²) < 4.78 is 44.5. The van der Waals surface area contributed by atoms with Gasteiger partial charge in [0.2, 0.25) is 0 Å². The Balaban J connectivity index is 1.69. The van der Waals surface area contributed by atoms with Crippen molar-refractivity contribution in [3.63, 3.8) is 0 Å². The van der Waals surface area contributed by atoms with Crippen LogP contribution in [-0.4, -0.2) is 35.7 Å². The molecular weight excluding hydrogens is 331 g/mol. The average Bonchev–Trinajstić information content (AvgIpc) is 2.89. The van der Waals surface area contributed by atoms with Crippen LogP contribution in [0.15, 0.2) is 16.7 Å². The maximum atomic E-state index is 13.2. The van der Waals surface area contributed by atoms with Gasteiger partial charge in [0, 0.05) is 12.6 Å². The molecule has 3 saturated heterocycles. The number of hydrogen-bond donors (Lipinski definition) is 1. The highest BCUT2D eigenvalue weighted by Gasteiger charge is 2.39. The molecule has 3 fully saturated rings. The zero-order chi connectivity index (χ0) is 16.2. The van der Waals surface area contributed by atoms with Crippen LogP contribution in [0.4, 0.5) is 19.0 Å². The number of alkyl halides is 3. The molecule has 8 heteroatoms. The highest BCUT2D eigenvalue weighted by atomic mass is 35.5. The highest BCUT2D eigenvalue weighted by molar-refractivity contribution is 6.32. The number of fused-ring (bicyclic) bond motifs is 4.